The van der Waals surface area contributed by atoms with Gasteiger partial charge >= 0.3 is 0 Å². The van der Waals surface area contributed by atoms with Crippen molar-refractivity contribution in [2.75, 3.05) is 5.73 Å². The van der Waals surface area contributed by atoms with Crippen molar-refractivity contribution in [3.05, 3.63) is 12.7 Å². The number of fused-ring (bicyclic) bond motifs is 1. The highest BCUT2D eigenvalue weighted by atomic mass is 35.5. The van der Waals surface area contributed by atoms with Gasteiger partial charge in [0.2, 0.25) is 0 Å². The third-order valence-electron chi connectivity index (χ3n) is 5.35. The fraction of sp³-hybridized carbons (Fsp3) is 0.688. The number of nitrogen functional groups attached to an aromatic ring is 1. The Hall–Kier alpha value is -1.48. The Labute approximate surface area is 150 Å². The molecule has 136 valence electrons. The van der Waals surface area contributed by atoms with Gasteiger partial charge in [0.25, 0.3) is 0 Å². The number of anilines is 1. The van der Waals surface area contributed by atoms with Crippen LogP contribution < -0.4 is 5.73 Å². The van der Waals surface area contributed by atoms with Crippen LogP contribution in [0.4, 0.5) is 5.82 Å². The number of aliphatic hydroxyl groups is 2. The lowest BCUT2D eigenvalue weighted by atomic mass is 9.84. The molecule has 9 heteroatoms. The van der Waals surface area contributed by atoms with E-state index in [2.05, 4.69) is 15.0 Å². The molecule has 3 heterocycles. The van der Waals surface area contributed by atoms with Gasteiger partial charge in [-0.25, -0.2) is 15.0 Å². The van der Waals surface area contributed by atoms with Crippen LogP contribution in [0, 0.1) is 5.92 Å². The highest BCUT2D eigenvalue weighted by Crippen LogP contribution is 2.39. The molecular formula is C16H22ClN5O3. The Balaban J connectivity index is 1.60. The molecule has 0 amide bonds. The van der Waals surface area contributed by atoms with Gasteiger partial charge < -0.3 is 20.7 Å². The maximum atomic E-state index is 10.5. The summed E-state index contributed by atoms with van der Waals surface area (Å²) < 4.78 is 7.56. The van der Waals surface area contributed by atoms with Gasteiger partial charge in [-0.1, -0.05) is 19.3 Å². The molecule has 1 aliphatic heterocycles. The Kier molecular flexibility index (Phi) is 4.53. The van der Waals surface area contributed by atoms with Crippen molar-refractivity contribution in [1.29, 1.82) is 0 Å². The number of alkyl halides is 1. The molecule has 5 atom stereocenters. The van der Waals surface area contributed by atoms with Crippen molar-refractivity contribution >= 4 is 28.6 Å². The SMILES string of the molecule is Nc1ncnc2c1ncn2[C@@H]1O[C@H](C(Cl)C2CCCCC2)[C@@H](O)[C@H]1O. The van der Waals surface area contributed by atoms with Crippen LogP contribution in [0.1, 0.15) is 38.3 Å². The van der Waals surface area contributed by atoms with Crippen LogP contribution in [-0.2, 0) is 4.74 Å². The molecule has 1 saturated carbocycles. The number of ether oxygens (including phenoxy) is 1. The standard InChI is InChI=1S/C16H22ClN5O3/c17-9(8-4-2-1-3-5-8)13-11(23)12(24)16(25-13)22-7-21-10-14(18)19-6-20-15(10)22/h6-9,11-13,16,23-24H,1-5H2,(H2,18,19,20)/t9?,11-,12+,13+,16+/m0/s1. The maximum absolute atomic E-state index is 10.5. The Morgan fingerprint density at radius 2 is 1.92 bits per heavy atom. The molecular weight excluding hydrogens is 346 g/mol. The van der Waals surface area contributed by atoms with Crippen molar-refractivity contribution in [2.24, 2.45) is 5.92 Å². The van der Waals surface area contributed by atoms with Crippen LogP contribution in [0.3, 0.4) is 0 Å². The number of aromatic nitrogens is 4. The van der Waals surface area contributed by atoms with E-state index in [1.54, 1.807) is 4.57 Å². The van der Waals surface area contributed by atoms with Crippen LogP contribution in [0.25, 0.3) is 11.2 Å². The van der Waals surface area contributed by atoms with Gasteiger partial charge in [-0.15, -0.1) is 11.6 Å². The first kappa shape index (κ1) is 17.0. The molecule has 1 unspecified atom stereocenters. The van der Waals surface area contributed by atoms with Crippen molar-refractivity contribution in [3.8, 4) is 0 Å². The van der Waals surface area contributed by atoms with Crippen molar-refractivity contribution in [3.63, 3.8) is 0 Å². The second kappa shape index (κ2) is 6.68. The van der Waals surface area contributed by atoms with E-state index >= 15 is 0 Å². The zero-order valence-electron chi connectivity index (χ0n) is 13.7. The minimum absolute atomic E-state index is 0.255. The summed E-state index contributed by atoms with van der Waals surface area (Å²) in [5.74, 6) is 0.546. The number of hydrogen-bond acceptors (Lipinski definition) is 7. The maximum Gasteiger partial charge on any atom is 0.167 e. The summed E-state index contributed by atoms with van der Waals surface area (Å²) in [6.45, 7) is 0. The first-order chi connectivity index (χ1) is 12.1. The first-order valence-corrected chi connectivity index (χ1v) is 9.10. The topological polar surface area (TPSA) is 119 Å². The Morgan fingerprint density at radius 1 is 1.16 bits per heavy atom. The summed E-state index contributed by atoms with van der Waals surface area (Å²) in [7, 11) is 0. The van der Waals surface area contributed by atoms with E-state index in [4.69, 9.17) is 22.1 Å². The monoisotopic (exact) mass is 367 g/mol. The van der Waals surface area contributed by atoms with Crippen LogP contribution in [-0.4, -0.2) is 53.4 Å². The summed E-state index contributed by atoms with van der Waals surface area (Å²) in [4.78, 5) is 12.3. The molecule has 0 spiro atoms. The molecule has 2 aliphatic rings. The second-order valence-corrected chi connectivity index (χ2v) is 7.40. The second-order valence-electron chi connectivity index (χ2n) is 6.90. The molecule has 4 rings (SSSR count). The van der Waals surface area contributed by atoms with Crippen LogP contribution in [0.2, 0.25) is 0 Å². The predicted molar refractivity (Wildman–Crippen MR) is 91.9 cm³/mol. The van der Waals surface area contributed by atoms with E-state index in [1.807, 2.05) is 0 Å². The van der Waals surface area contributed by atoms with Gasteiger partial charge in [-0.3, -0.25) is 4.57 Å². The molecule has 0 bridgehead atoms. The molecule has 0 aromatic carbocycles. The molecule has 2 fully saturated rings. The van der Waals surface area contributed by atoms with E-state index in [0.29, 0.717) is 17.1 Å². The van der Waals surface area contributed by atoms with Gasteiger partial charge in [0.15, 0.2) is 17.7 Å². The van der Waals surface area contributed by atoms with E-state index in [-0.39, 0.29) is 11.2 Å². The fourth-order valence-electron chi connectivity index (χ4n) is 3.96. The zero-order chi connectivity index (χ0) is 17.6. The average molecular weight is 368 g/mol. The van der Waals surface area contributed by atoms with E-state index in [1.165, 1.54) is 19.1 Å². The number of imidazole rings is 1. The van der Waals surface area contributed by atoms with Crippen molar-refractivity contribution in [1.82, 2.24) is 19.5 Å². The third kappa shape index (κ3) is 2.87. The van der Waals surface area contributed by atoms with Gasteiger partial charge in [0.1, 0.15) is 30.2 Å². The van der Waals surface area contributed by atoms with Gasteiger partial charge in [-0.2, -0.15) is 0 Å². The van der Waals surface area contributed by atoms with Crippen LogP contribution >= 0.6 is 11.6 Å². The summed E-state index contributed by atoms with van der Waals surface area (Å²) >= 11 is 6.63. The van der Waals surface area contributed by atoms with Gasteiger partial charge in [0, 0.05) is 0 Å². The van der Waals surface area contributed by atoms with Crippen molar-refractivity contribution in [2.45, 2.75) is 62.0 Å². The number of nitrogens with zero attached hydrogens (tertiary/aromatic N) is 4. The highest BCUT2D eigenvalue weighted by Gasteiger charge is 2.48. The molecule has 25 heavy (non-hydrogen) atoms. The highest BCUT2D eigenvalue weighted by molar-refractivity contribution is 6.21. The predicted octanol–water partition coefficient (Wildman–Crippen LogP) is 1.22. The summed E-state index contributed by atoms with van der Waals surface area (Å²) in [6.07, 6.45) is 4.75. The number of hydrogen-bond donors (Lipinski definition) is 3. The molecule has 8 nitrogen and oxygen atoms in total. The number of nitrogens with two attached hydrogens (primary N) is 1. The number of aliphatic hydroxyl groups excluding tert-OH is 2. The van der Waals surface area contributed by atoms with E-state index < -0.39 is 24.5 Å². The summed E-state index contributed by atoms with van der Waals surface area (Å²) in [5, 5.41) is 20.7. The molecule has 4 N–H and O–H groups in total. The fourth-order valence-corrected chi connectivity index (χ4v) is 4.42. The van der Waals surface area contributed by atoms with Gasteiger partial charge in [-0.05, 0) is 18.8 Å². The third-order valence-corrected chi connectivity index (χ3v) is 5.96. The van der Waals surface area contributed by atoms with E-state index in [9.17, 15) is 10.2 Å². The van der Waals surface area contributed by atoms with Crippen molar-refractivity contribution < 1.29 is 14.9 Å². The van der Waals surface area contributed by atoms with Gasteiger partial charge in [0.05, 0.1) is 11.7 Å². The lowest BCUT2D eigenvalue weighted by Gasteiger charge is -2.30. The molecule has 1 aliphatic carbocycles. The molecule has 0 radical (unpaired) electrons. The molecule has 2 aromatic heterocycles. The molecule has 1 saturated heterocycles. The Bertz CT molecular complexity index is 750. The smallest absolute Gasteiger partial charge is 0.167 e. The number of halogens is 1. The van der Waals surface area contributed by atoms with Crippen LogP contribution in [0.5, 0.6) is 0 Å². The minimum atomic E-state index is -1.12. The lowest BCUT2D eigenvalue weighted by molar-refractivity contribution is -0.0410. The number of rotatable bonds is 3. The average Bonchev–Trinajstić information content (AvgIpc) is 3.18. The quantitative estimate of drug-likeness (QED) is 0.697. The summed E-state index contributed by atoms with van der Waals surface area (Å²) in [5.41, 5.74) is 6.69. The van der Waals surface area contributed by atoms with Crippen LogP contribution in [0.15, 0.2) is 12.7 Å². The summed E-state index contributed by atoms with van der Waals surface area (Å²) in [6, 6.07) is 0. The largest absolute Gasteiger partial charge is 0.387 e. The first-order valence-electron chi connectivity index (χ1n) is 8.66. The van der Waals surface area contributed by atoms with E-state index in [0.717, 1.165) is 25.7 Å². The molecule has 2 aromatic rings. The lowest BCUT2D eigenvalue weighted by Crippen LogP contribution is -2.40. The normalized spacial score (nSPS) is 32.3. The zero-order valence-corrected chi connectivity index (χ0v) is 14.5. The Morgan fingerprint density at radius 3 is 2.68 bits per heavy atom. The minimum Gasteiger partial charge on any atom is -0.387 e.